The number of nitrogens with one attached hydrogen (secondary N) is 1. The number of benzene rings is 1. The van der Waals surface area contributed by atoms with Crippen molar-refractivity contribution in [3.63, 3.8) is 0 Å². The van der Waals surface area contributed by atoms with Crippen molar-refractivity contribution >= 4 is 5.69 Å². The van der Waals surface area contributed by atoms with Crippen LogP contribution in [0.4, 0.5) is 5.69 Å². The second-order valence-corrected chi connectivity index (χ2v) is 6.11. The topological polar surface area (TPSA) is 35.5 Å². The van der Waals surface area contributed by atoms with E-state index in [0.29, 0.717) is 11.8 Å². The zero-order valence-electron chi connectivity index (χ0n) is 13.2. The lowest BCUT2D eigenvalue weighted by atomic mass is 10.1. The third kappa shape index (κ3) is 3.45. The van der Waals surface area contributed by atoms with Crippen molar-refractivity contribution < 1.29 is 5.11 Å². The van der Waals surface area contributed by atoms with Crippen molar-refractivity contribution in [2.24, 2.45) is 5.92 Å². The Labute approximate surface area is 123 Å². The van der Waals surface area contributed by atoms with E-state index in [-0.39, 0.29) is 6.04 Å². The van der Waals surface area contributed by atoms with Crippen molar-refractivity contribution in [1.82, 2.24) is 5.32 Å². The Bertz CT molecular complexity index is 443. The van der Waals surface area contributed by atoms with E-state index in [1.807, 2.05) is 12.1 Å². The van der Waals surface area contributed by atoms with Crippen LogP contribution in [0.5, 0.6) is 5.75 Å². The number of phenols is 1. The first kappa shape index (κ1) is 15.2. The van der Waals surface area contributed by atoms with Gasteiger partial charge < -0.3 is 15.3 Å². The first-order valence-corrected chi connectivity index (χ1v) is 7.83. The summed E-state index contributed by atoms with van der Waals surface area (Å²) in [6.45, 7) is 7.49. The third-order valence-corrected chi connectivity index (χ3v) is 4.50. The molecular weight excluding hydrogens is 248 g/mol. The molecule has 3 nitrogen and oxygen atoms in total. The molecule has 0 aliphatic heterocycles. The summed E-state index contributed by atoms with van der Waals surface area (Å²) in [6.07, 6.45) is 3.78. The summed E-state index contributed by atoms with van der Waals surface area (Å²) in [7, 11) is 2.12. The van der Waals surface area contributed by atoms with Crippen LogP contribution < -0.4 is 10.2 Å². The van der Waals surface area contributed by atoms with E-state index < -0.39 is 0 Å². The summed E-state index contributed by atoms with van der Waals surface area (Å²) in [6, 6.07) is 6.82. The van der Waals surface area contributed by atoms with Gasteiger partial charge in [0, 0.05) is 36.4 Å². The molecule has 1 aromatic carbocycles. The molecule has 0 heterocycles. The molecule has 1 aliphatic rings. The second kappa shape index (κ2) is 6.49. The van der Waals surface area contributed by atoms with E-state index in [0.717, 1.165) is 30.1 Å². The van der Waals surface area contributed by atoms with Gasteiger partial charge in [-0.25, -0.2) is 0 Å². The Morgan fingerprint density at radius 1 is 1.35 bits per heavy atom. The van der Waals surface area contributed by atoms with Gasteiger partial charge in [0.25, 0.3) is 0 Å². The fourth-order valence-corrected chi connectivity index (χ4v) is 2.72. The molecule has 0 amide bonds. The maximum Gasteiger partial charge on any atom is 0.122 e. The molecule has 0 aromatic heterocycles. The first-order chi connectivity index (χ1) is 9.54. The van der Waals surface area contributed by atoms with Gasteiger partial charge in [0.1, 0.15) is 5.75 Å². The lowest BCUT2D eigenvalue weighted by molar-refractivity contribution is 0.452. The highest BCUT2D eigenvalue weighted by atomic mass is 16.3. The van der Waals surface area contributed by atoms with E-state index in [9.17, 15) is 5.11 Å². The van der Waals surface area contributed by atoms with Crippen LogP contribution in [0, 0.1) is 5.92 Å². The number of phenolic OH excluding ortho intramolecular Hbond substituents is 1. The van der Waals surface area contributed by atoms with Crippen LogP contribution in [0.25, 0.3) is 0 Å². The predicted molar refractivity (Wildman–Crippen MR) is 85.4 cm³/mol. The molecule has 1 aliphatic carbocycles. The Balaban J connectivity index is 2.08. The molecule has 2 atom stereocenters. The van der Waals surface area contributed by atoms with Crippen molar-refractivity contribution in [1.29, 1.82) is 0 Å². The number of anilines is 1. The average Bonchev–Trinajstić information content (AvgIpc) is 3.27. The quantitative estimate of drug-likeness (QED) is 0.797. The van der Waals surface area contributed by atoms with E-state index in [2.05, 4.69) is 44.1 Å². The van der Waals surface area contributed by atoms with E-state index in [4.69, 9.17) is 0 Å². The molecule has 2 unspecified atom stereocenters. The Hall–Kier alpha value is -1.22. The highest BCUT2D eigenvalue weighted by Gasteiger charge is 2.30. The van der Waals surface area contributed by atoms with E-state index >= 15 is 0 Å². The van der Waals surface area contributed by atoms with Crippen molar-refractivity contribution in [2.75, 3.05) is 18.5 Å². The zero-order valence-corrected chi connectivity index (χ0v) is 13.2. The largest absolute Gasteiger partial charge is 0.508 e. The minimum atomic E-state index is 0.190. The van der Waals surface area contributed by atoms with Crippen LogP contribution in [-0.4, -0.2) is 24.7 Å². The Morgan fingerprint density at radius 2 is 2.05 bits per heavy atom. The molecule has 0 radical (unpaired) electrons. The van der Waals surface area contributed by atoms with E-state index in [1.54, 1.807) is 0 Å². The minimum absolute atomic E-state index is 0.190. The van der Waals surface area contributed by atoms with Crippen LogP contribution in [0.15, 0.2) is 18.2 Å². The maximum atomic E-state index is 10.3. The van der Waals surface area contributed by atoms with Gasteiger partial charge in [0.05, 0.1) is 0 Å². The van der Waals surface area contributed by atoms with Crippen LogP contribution in [0.3, 0.4) is 0 Å². The SMILES string of the molecule is CCCNC(C)c1ccc(N(C)C(C)C2CC2)cc1O. The zero-order chi connectivity index (χ0) is 14.7. The molecule has 1 saturated carbocycles. The number of aromatic hydroxyl groups is 1. The molecule has 0 spiro atoms. The van der Waals surface area contributed by atoms with Crippen LogP contribution in [0.1, 0.15) is 51.6 Å². The lowest BCUT2D eigenvalue weighted by Crippen LogP contribution is -2.30. The number of nitrogens with zero attached hydrogens (tertiary/aromatic N) is 1. The number of rotatable bonds is 7. The standard InChI is InChI=1S/C17H28N2O/c1-5-10-18-12(2)16-9-8-15(11-17(16)20)19(4)13(3)14-6-7-14/h8-9,11-14,18,20H,5-7,10H2,1-4H3. The monoisotopic (exact) mass is 276 g/mol. The maximum absolute atomic E-state index is 10.3. The number of hydrogen-bond donors (Lipinski definition) is 2. The normalized spacial score (nSPS) is 17.8. The Kier molecular flexibility index (Phi) is 4.92. The molecule has 3 heteroatoms. The first-order valence-electron chi connectivity index (χ1n) is 7.83. The second-order valence-electron chi connectivity index (χ2n) is 6.11. The van der Waals surface area contributed by atoms with Crippen molar-refractivity contribution in [3.8, 4) is 5.75 Å². The molecular formula is C17H28N2O. The lowest BCUT2D eigenvalue weighted by Gasteiger charge is -2.28. The molecule has 1 aromatic rings. The van der Waals surface area contributed by atoms with Gasteiger partial charge in [0.2, 0.25) is 0 Å². The highest BCUT2D eigenvalue weighted by Crippen LogP contribution is 2.37. The summed E-state index contributed by atoms with van der Waals surface area (Å²) >= 11 is 0. The summed E-state index contributed by atoms with van der Waals surface area (Å²) < 4.78 is 0. The van der Waals surface area contributed by atoms with Gasteiger partial charge >= 0.3 is 0 Å². The summed E-state index contributed by atoms with van der Waals surface area (Å²) in [4.78, 5) is 2.28. The molecule has 2 rings (SSSR count). The average molecular weight is 276 g/mol. The van der Waals surface area contributed by atoms with Gasteiger partial charge in [-0.2, -0.15) is 0 Å². The van der Waals surface area contributed by atoms with Crippen LogP contribution in [-0.2, 0) is 0 Å². The van der Waals surface area contributed by atoms with Crippen molar-refractivity contribution in [3.05, 3.63) is 23.8 Å². The van der Waals surface area contributed by atoms with Crippen molar-refractivity contribution in [2.45, 2.75) is 52.1 Å². The minimum Gasteiger partial charge on any atom is -0.508 e. The molecule has 0 saturated heterocycles. The fraction of sp³-hybridized carbons (Fsp3) is 0.647. The summed E-state index contributed by atoms with van der Waals surface area (Å²) in [5, 5.41) is 13.7. The molecule has 0 bridgehead atoms. The van der Waals surface area contributed by atoms with Gasteiger partial charge in [-0.15, -0.1) is 0 Å². The van der Waals surface area contributed by atoms with Gasteiger partial charge in [0.15, 0.2) is 0 Å². The molecule has 20 heavy (non-hydrogen) atoms. The molecule has 1 fully saturated rings. The van der Waals surface area contributed by atoms with Gasteiger partial charge in [-0.05, 0) is 51.6 Å². The molecule has 112 valence electrons. The highest BCUT2D eigenvalue weighted by molar-refractivity contribution is 5.54. The van der Waals surface area contributed by atoms with E-state index in [1.165, 1.54) is 12.8 Å². The number of hydrogen-bond acceptors (Lipinski definition) is 3. The summed E-state index contributed by atoms with van der Waals surface area (Å²) in [5.41, 5.74) is 2.09. The fourth-order valence-electron chi connectivity index (χ4n) is 2.72. The van der Waals surface area contributed by atoms with Crippen LogP contribution >= 0.6 is 0 Å². The van der Waals surface area contributed by atoms with Gasteiger partial charge in [-0.1, -0.05) is 13.0 Å². The van der Waals surface area contributed by atoms with Gasteiger partial charge in [-0.3, -0.25) is 0 Å². The Morgan fingerprint density at radius 3 is 2.60 bits per heavy atom. The third-order valence-electron chi connectivity index (χ3n) is 4.50. The predicted octanol–water partition coefficient (Wildman–Crippen LogP) is 3.69. The summed E-state index contributed by atoms with van der Waals surface area (Å²) in [5.74, 6) is 1.22. The molecule has 2 N–H and O–H groups in total. The van der Waals surface area contributed by atoms with Crippen LogP contribution in [0.2, 0.25) is 0 Å². The smallest absolute Gasteiger partial charge is 0.122 e.